The van der Waals surface area contributed by atoms with E-state index >= 15 is 0 Å². The lowest BCUT2D eigenvalue weighted by Crippen LogP contribution is -2.28. The zero-order valence-electron chi connectivity index (χ0n) is 11.5. The molecule has 2 N–H and O–H groups in total. The van der Waals surface area contributed by atoms with Gasteiger partial charge in [0, 0.05) is 24.1 Å². The van der Waals surface area contributed by atoms with Gasteiger partial charge in [0.05, 0.1) is 6.54 Å². The van der Waals surface area contributed by atoms with Gasteiger partial charge in [-0.2, -0.15) is 0 Å². The van der Waals surface area contributed by atoms with E-state index in [-0.39, 0.29) is 0 Å². The minimum Gasteiger partial charge on any atom is -0.357 e. The molecule has 0 fully saturated rings. The molecule has 0 aliphatic heterocycles. The van der Waals surface area contributed by atoms with Gasteiger partial charge in [-0.15, -0.1) is 0 Å². The standard InChI is InChI=1S/C15H19N3S/c1-11-4-7-13(8-5-11)17-15(19)16-10-14-9-6-12(2)18(14)3/h4-9H,10H2,1-3H3,(H2,16,17,19). The van der Waals surface area contributed by atoms with Gasteiger partial charge in [0.15, 0.2) is 5.11 Å². The van der Waals surface area contributed by atoms with Crippen LogP contribution in [0.4, 0.5) is 5.69 Å². The third kappa shape index (κ3) is 3.58. The van der Waals surface area contributed by atoms with Crippen LogP contribution in [0.5, 0.6) is 0 Å². The molecule has 2 rings (SSSR count). The molecule has 0 saturated carbocycles. The predicted octanol–water partition coefficient (Wildman–Crippen LogP) is 3.13. The van der Waals surface area contributed by atoms with Gasteiger partial charge in [0.2, 0.25) is 0 Å². The highest BCUT2D eigenvalue weighted by Crippen LogP contribution is 2.09. The Morgan fingerprint density at radius 1 is 1.11 bits per heavy atom. The van der Waals surface area contributed by atoms with E-state index in [0.717, 1.165) is 12.2 Å². The Labute approximate surface area is 119 Å². The second kappa shape index (κ2) is 5.89. The Morgan fingerprint density at radius 3 is 2.37 bits per heavy atom. The summed E-state index contributed by atoms with van der Waals surface area (Å²) in [6.07, 6.45) is 0. The summed E-state index contributed by atoms with van der Waals surface area (Å²) in [6.45, 7) is 4.88. The summed E-state index contributed by atoms with van der Waals surface area (Å²) in [5.41, 5.74) is 4.70. The Kier molecular flexibility index (Phi) is 4.22. The first-order chi connectivity index (χ1) is 9.06. The van der Waals surface area contributed by atoms with Gasteiger partial charge in [-0.05, 0) is 50.3 Å². The molecule has 0 amide bonds. The molecule has 4 heteroatoms. The van der Waals surface area contributed by atoms with Crippen LogP contribution in [0.3, 0.4) is 0 Å². The van der Waals surface area contributed by atoms with Crippen molar-refractivity contribution in [2.75, 3.05) is 5.32 Å². The Morgan fingerprint density at radius 2 is 1.79 bits per heavy atom. The Balaban J connectivity index is 1.88. The second-order valence-corrected chi connectivity index (χ2v) is 5.11. The van der Waals surface area contributed by atoms with E-state index in [9.17, 15) is 0 Å². The number of aryl methyl sites for hydroxylation is 2. The van der Waals surface area contributed by atoms with Gasteiger partial charge in [-0.3, -0.25) is 0 Å². The van der Waals surface area contributed by atoms with E-state index in [0.29, 0.717) is 5.11 Å². The second-order valence-electron chi connectivity index (χ2n) is 4.70. The highest BCUT2D eigenvalue weighted by molar-refractivity contribution is 7.80. The van der Waals surface area contributed by atoms with Crippen LogP contribution in [0, 0.1) is 13.8 Å². The van der Waals surface area contributed by atoms with Crippen LogP contribution in [0.2, 0.25) is 0 Å². The maximum Gasteiger partial charge on any atom is 0.171 e. The van der Waals surface area contributed by atoms with Crippen LogP contribution in [0.1, 0.15) is 17.0 Å². The quantitative estimate of drug-likeness (QED) is 0.842. The van der Waals surface area contributed by atoms with Gasteiger partial charge >= 0.3 is 0 Å². The van der Waals surface area contributed by atoms with E-state index < -0.39 is 0 Å². The van der Waals surface area contributed by atoms with Crippen LogP contribution in [-0.4, -0.2) is 9.68 Å². The molecule has 100 valence electrons. The molecule has 0 spiro atoms. The lowest BCUT2D eigenvalue weighted by atomic mass is 10.2. The number of rotatable bonds is 3. The van der Waals surface area contributed by atoms with Gasteiger partial charge in [0.25, 0.3) is 0 Å². The summed E-state index contributed by atoms with van der Waals surface area (Å²) in [5.74, 6) is 0. The summed E-state index contributed by atoms with van der Waals surface area (Å²) >= 11 is 5.29. The first kappa shape index (κ1) is 13.6. The maximum absolute atomic E-state index is 5.29. The highest BCUT2D eigenvalue weighted by atomic mass is 32.1. The summed E-state index contributed by atoms with van der Waals surface area (Å²) < 4.78 is 2.15. The zero-order valence-corrected chi connectivity index (χ0v) is 12.3. The first-order valence-electron chi connectivity index (χ1n) is 6.29. The SMILES string of the molecule is Cc1ccc(NC(=S)NCc2ccc(C)n2C)cc1. The number of aromatic nitrogens is 1. The fourth-order valence-corrected chi connectivity index (χ4v) is 2.02. The predicted molar refractivity (Wildman–Crippen MR) is 84.4 cm³/mol. The van der Waals surface area contributed by atoms with Crippen LogP contribution >= 0.6 is 12.2 Å². The van der Waals surface area contributed by atoms with Crippen LogP contribution in [0.25, 0.3) is 0 Å². The number of thiocarbonyl (C=S) groups is 1. The van der Waals surface area contributed by atoms with Crippen molar-refractivity contribution in [1.82, 2.24) is 9.88 Å². The lowest BCUT2D eigenvalue weighted by molar-refractivity contribution is 0.764. The molecule has 0 saturated heterocycles. The topological polar surface area (TPSA) is 29.0 Å². The Hall–Kier alpha value is -1.81. The molecule has 3 nitrogen and oxygen atoms in total. The minimum absolute atomic E-state index is 0.641. The fourth-order valence-electron chi connectivity index (χ4n) is 1.83. The molecule has 2 aromatic rings. The van der Waals surface area contributed by atoms with E-state index in [1.165, 1.54) is 17.0 Å². The molecule has 1 heterocycles. The molecule has 0 radical (unpaired) electrons. The minimum atomic E-state index is 0.641. The fraction of sp³-hybridized carbons (Fsp3) is 0.267. The summed E-state index contributed by atoms with van der Waals surface area (Å²) in [7, 11) is 2.06. The van der Waals surface area contributed by atoms with Crippen molar-refractivity contribution in [3.63, 3.8) is 0 Å². The monoisotopic (exact) mass is 273 g/mol. The summed E-state index contributed by atoms with van der Waals surface area (Å²) in [5, 5.41) is 7.03. The number of hydrogen-bond donors (Lipinski definition) is 2. The molecule has 0 unspecified atom stereocenters. The van der Waals surface area contributed by atoms with Crippen molar-refractivity contribution < 1.29 is 0 Å². The molecule has 1 aromatic carbocycles. The van der Waals surface area contributed by atoms with Crippen molar-refractivity contribution in [1.29, 1.82) is 0 Å². The van der Waals surface area contributed by atoms with Gasteiger partial charge in [-0.25, -0.2) is 0 Å². The molecule has 0 bridgehead atoms. The number of nitrogens with one attached hydrogen (secondary N) is 2. The van der Waals surface area contributed by atoms with E-state index in [1.54, 1.807) is 0 Å². The molecular formula is C15H19N3S. The maximum atomic E-state index is 5.29. The van der Waals surface area contributed by atoms with Crippen molar-refractivity contribution >= 4 is 23.0 Å². The Bertz CT molecular complexity index is 570. The number of benzene rings is 1. The molecule has 0 atom stereocenters. The summed E-state index contributed by atoms with van der Waals surface area (Å²) in [4.78, 5) is 0. The molecule has 19 heavy (non-hydrogen) atoms. The lowest BCUT2D eigenvalue weighted by Gasteiger charge is -2.11. The van der Waals surface area contributed by atoms with Gasteiger partial charge in [-0.1, -0.05) is 17.7 Å². The van der Waals surface area contributed by atoms with Crippen molar-refractivity contribution in [2.45, 2.75) is 20.4 Å². The van der Waals surface area contributed by atoms with E-state index in [1.807, 2.05) is 12.1 Å². The largest absolute Gasteiger partial charge is 0.357 e. The number of anilines is 1. The molecule has 1 aromatic heterocycles. The van der Waals surface area contributed by atoms with Crippen LogP contribution in [0.15, 0.2) is 36.4 Å². The molecular weight excluding hydrogens is 254 g/mol. The van der Waals surface area contributed by atoms with Gasteiger partial charge in [0.1, 0.15) is 0 Å². The zero-order chi connectivity index (χ0) is 13.8. The average Bonchev–Trinajstić information content (AvgIpc) is 2.70. The van der Waals surface area contributed by atoms with Crippen molar-refractivity contribution in [3.8, 4) is 0 Å². The third-order valence-electron chi connectivity index (χ3n) is 3.22. The van der Waals surface area contributed by atoms with Crippen molar-refractivity contribution in [3.05, 3.63) is 53.3 Å². The number of nitrogens with zero attached hydrogens (tertiary/aromatic N) is 1. The highest BCUT2D eigenvalue weighted by Gasteiger charge is 2.02. The normalized spacial score (nSPS) is 10.3. The van der Waals surface area contributed by atoms with Crippen LogP contribution in [-0.2, 0) is 13.6 Å². The molecule has 0 aliphatic rings. The van der Waals surface area contributed by atoms with E-state index in [2.05, 4.69) is 60.4 Å². The van der Waals surface area contributed by atoms with E-state index in [4.69, 9.17) is 12.2 Å². The van der Waals surface area contributed by atoms with Crippen LogP contribution < -0.4 is 10.6 Å². The van der Waals surface area contributed by atoms with Crippen molar-refractivity contribution in [2.24, 2.45) is 7.05 Å². The van der Waals surface area contributed by atoms with Gasteiger partial charge < -0.3 is 15.2 Å². The molecule has 0 aliphatic carbocycles. The average molecular weight is 273 g/mol. The number of hydrogen-bond acceptors (Lipinski definition) is 1. The summed E-state index contributed by atoms with van der Waals surface area (Å²) in [6, 6.07) is 12.4. The first-order valence-corrected chi connectivity index (χ1v) is 6.70. The third-order valence-corrected chi connectivity index (χ3v) is 3.46. The smallest absolute Gasteiger partial charge is 0.171 e.